The highest BCUT2D eigenvalue weighted by atomic mass is 16.5. The molecule has 0 spiro atoms. The Morgan fingerprint density at radius 2 is 2.42 bits per heavy atom. The van der Waals surface area contributed by atoms with E-state index in [2.05, 4.69) is 15.5 Å². The van der Waals surface area contributed by atoms with Crippen molar-refractivity contribution in [3.63, 3.8) is 0 Å². The molecule has 1 unspecified atom stereocenters. The van der Waals surface area contributed by atoms with Crippen LogP contribution in [0.2, 0.25) is 0 Å². The van der Waals surface area contributed by atoms with E-state index in [1.807, 2.05) is 25.1 Å². The van der Waals surface area contributed by atoms with Crippen LogP contribution in [0.4, 0.5) is 5.69 Å². The number of amides is 1. The van der Waals surface area contributed by atoms with E-state index >= 15 is 0 Å². The first kappa shape index (κ1) is 11.8. The molecule has 5 heteroatoms. The van der Waals surface area contributed by atoms with E-state index < -0.39 is 0 Å². The molecule has 2 aromatic rings. The van der Waals surface area contributed by atoms with Crippen LogP contribution in [0, 0.1) is 0 Å². The molecule has 1 aromatic carbocycles. The molecule has 1 amide bonds. The average Bonchev–Trinajstić information content (AvgIpc) is 2.96. The number of aromatic amines is 1. The summed E-state index contributed by atoms with van der Waals surface area (Å²) in [4.78, 5) is 11.9. The summed E-state index contributed by atoms with van der Waals surface area (Å²) in [7, 11) is 0. The quantitative estimate of drug-likeness (QED) is 0.882. The van der Waals surface area contributed by atoms with Gasteiger partial charge in [0.25, 0.3) is 0 Å². The summed E-state index contributed by atoms with van der Waals surface area (Å²) in [5, 5.41) is 9.47. The summed E-state index contributed by atoms with van der Waals surface area (Å²) in [6.07, 6.45) is 3.03. The van der Waals surface area contributed by atoms with Crippen molar-refractivity contribution in [3.05, 3.63) is 41.7 Å². The van der Waals surface area contributed by atoms with E-state index in [9.17, 15) is 4.79 Å². The summed E-state index contributed by atoms with van der Waals surface area (Å²) in [6, 6.07) is 7.54. The zero-order chi connectivity index (χ0) is 13.2. The van der Waals surface area contributed by atoms with Gasteiger partial charge in [-0.1, -0.05) is 0 Å². The molecule has 0 bridgehead atoms. The van der Waals surface area contributed by atoms with Gasteiger partial charge in [0.2, 0.25) is 5.91 Å². The minimum Gasteiger partial charge on any atom is -0.490 e. The third kappa shape index (κ3) is 2.59. The fraction of sp³-hybridized carbons (Fsp3) is 0.286. The van der Waals surface area contributed by atoms with Crippen LogP contribution in [0.15, 0.2) is 30.5 Å². The minimum atomic E-state index is -0.0591. The lowest BCUT2D eigenvalue weighted by Gasteiger charge is -2.06. The first-order valence-corrected chi connectivity index (χ1v) is 6.28. The first-order valence-electron chi connectivity index (χ1n) is 6.28. The van der Waals surface area contributed by atoms with Crippen LogP contribution in [0.3, 0.4) is 0 Å². The van der Waals surface area contributed by atoms with Crippen molar-refractivity contribution >= 4 is 11.6 Å². The molecule has 2 N–H and O–H groups in total. The molecule has 3 rings (SSSR count). The Morgan fingerprint density at radius 3 is 3.21 bits per heavy atom. The second kappa shape index (κ2) is 4.76. The standard InChI is InChI=1S/C14H15N3O2/c1-9-6-10-7-11(2-3-13(10)19-9)16-14(18)8-12-4-5-15-17-12/h2-5,7,9H,6,8H2,1H3,(H,15,17)(H,16,18). The van der Waals surface area contributed by atoms with Crippen molar-refractivity contribution in [1.82, 2.24) is 10.2 Å². The van der Waals surface area contributed by atoms with Gasteiger partial charge in [0.1, 0.15) is 11.9 Å². The topological polar surface area (TPSA) is 67.0 Å². The van der Waals surface area contributed by atoms with Crippen LogP contribution in [-0.2, 0) is 17.6 Å². The van der Waals surface area contributed by atoms with Crippen LogP contribution in [0.1, 0.15) is 18.2 Å². The Morgan fingerprint density at radius 1 is 1.53 bits per heavy atom. The Labute approximate surface area is 111 Å². The molecule has 98 valence electrons. The maximum atomic E-state index is 11.9. The van der Waals surface area contributed by atoms with Crippen molar-refractivity contribution in [1.29, 1.82) is 0 Å². The van der Waals surface area contributed by atoms with E-state index in [0.717, 1.165) is 29.1 Å². The second-order valence-electron chi connectivity index (χ2n) is 4.76. The van der Waals surface area contributed by atoms with Crippen molar-refractivity contribution in [3.8, 4) is 5.75 Å². The van der Waals surface area contributed by atoms with Crippen molar-refractivity contribution in [2.45, 2.75) is 25.9 Å². The van der Waals surface area contributed by atoms with Gasteiger partial charge in [-0.25, -0.2) is 0 Å². The fourth-order valence-electron chi connectivity index (χ4n) is 2.26. The van der Waals surface area contributed by atoms with Crippen LogP contribution in [-0.4, -0.2) is 22.2 Å². The largest absolute Gasteiger partial charge is 0.490 e. The summed E-state index contributed by atoms with van der Waals surface area (Å²) < 4.78 is 5.63. The number of carbonyl (C=O) groups is 1. The van der Waals surface area contributed by atoms with Gasteiger partial charge in [0, 0.05) is 24.0 Å². The van der Waals surface area contributed by atoms with Crippen LogP contribution < -0.4 is 10.1 Å². The van der Waals surface area contributed by atoms with Crippen molar-refractivity contribution < 1.29 is 9.53 Å². The molecular formula is C14H15N3O2. The van der Waals surface area contributed by atoms with E-state index in [4.69, 9.17) is 4.74 Å². The number of anilines is 1. The zero-order valence-electron chi connectivity index (χ0n) is 10.6. The normalized spacial score (nSPS) is 16.8. The minimum absolute atomic E-state index is 0.0591. The maximum absolute atomic E-state index is 11.9. The first-order chi connectivity index (χ1) is 9.20. The number of benzene rings is 1. The molecule has 19 heavy (non-hydrogen) atoms. The molecule has 2 heterocycles. The molecule has 1 aliphatic rings. The van der Waals surface area contributed by atoms with Crippen LogP contribution in [0.25, 0.3) is 0 Å². The predicted molar refractivity (Wildman–Crippen MR) is 71.2 cm³/mol. The van der Waals surface area contributed by atoms with Gasteiger partial charge in [-0.3, -0.25) is 9.89 Å². The Bertz CT molecular complexity index is 593. The zero-order valence-corrected chi connectivity index (χ0v) is 10.6. The number of fused-ring (bicyclic) bond motifs is 1. The van der Waals surface area contributed by atoms with E-state index in [1.54, 1.807) is 12.3 Å². The van der Waals surface area contributed by atoms with Gasteiger partial charge in [0.05, 0.1) is 6.42 Å². The number of H-pyrrole nitrogens is 1. The molecule has 1 aromatic heterocycles. The maximum Gasteiger partial charge on any atom is 0.230 e. The van der Waals surface area contributed by atoms with Gasteiger partial charge >= 0.3 is 0 Å². The monoisotopic (exact) mass is 257 g/mol. The molecule has 1 aliphatic heterocycles. The third-order valence-electron chi connectivity index (χ3n) is 3.09. The summed E-state index contributed by atoms with van der Waals surface area (Å²) in [5.41, 5.74) is 2.75. The molecule has 0 saturated heterocycles. The Kier molecular flexibility index (Phi) is 2.95. The van der Waals surface area contributed by atoms with Gasteiger partial charge in [-0.05, 0) is 36.8 Å². The lowest BCUT2D eigenvalue weighted by Crippen LogP contribution is -2.14. The predicted octanol–water partition coefficient (Wildman–Crippen LogP) is 1.91. The lowest BCUT2D eigenvalue weighted by atomic mass is 10.1. The summed E-state index contributed by atoms with van der Waals surface area (Å²) >= 11 is 0. The van der Waals surface area contributed by atoms with Crippen LogP contribution >= 0.6 is 0 Å². The van der Waals surface area contributed by atoms with Crippen molar-refractivity contribution in [2.75, 3.05) is 5.32 Å². The van der Waals surface area contributed by atoms with E-state index in [0.29, 0.717) is 6.42 Å². The summed E-state index contributed by atoms with van der Waals surface area (Å²) in [5.74, 6) is 0.857. The number of carbonyl (C=O) groups excluding carboxylic acids is 1. The number of rotatable bonds is 3. The smallest absolute Gasteiger partial charge is 0.230 e. The van der Waals surface area contributed by atoms with Crippen LogP contribution in [0.5, 0.6) is 5.75 Å². The fourth-order valence-corrected chi connectivity index (χ4v) is 2.26. The molecule has 0 aliphatic carbocycles. The third-order valence-corrected chi connectivity index (χ3v) is 3.09. The number of ether oxygens (including phenoxy) is 1. The van der Waals surface area contributed by atoms with Gasteiger partial charge < -0.3 is 10.1 Å². The van der Waals surface area contributed by atoms with Gasteiger partial charge in [-0.15, -0.1) is 0 Å². The average molecular weight is 257 g/mol. The molecule has 0 radical (unpaired) electrons. The van der Waals surface area contributed by atoms with E-state index in [-0.39, 0.29) is 12.0 Å². The summed E-state index contributed by atoms with van der Waals surface area (Å²) in [6.45, 7) is 2.04. The number of nitrogens with zero attached hydrogens (tertiary/aromatic N) is 1. The lowest BCUT2D eigenvalue weighted by molar-refractivity contribution is -0.115. The van der Waals surface area contributed by atoms with E-state index in [1.165, 1.54) is 0 Å². The molecule has 5 nitrogen and oxygen atoms in total. The highest BCUT2D eigenvalue weighted by Crippen LogP contribution is 2.30. The molecule has 0 saturated carbocycles. The van der Waals surface area contributed by atoms with Gasteiger partial charge in [0.15, 0.2) is 0 Å². The molecular weight excluding hydrogens is 242 g/mol. The number of nitrogens with one attached hydrogen (secondary N) is 2. The molecule has 0 fully saturated rings. The highest BCUT2D eigenvalue weighted by molar-refractivity contribution is 5.92. The Balaban J connectivity index is 1.67. The SMILES string of the molecule is CC1Cc2cc(NC(=O)Cc3ccn[nH]3)ccc2O1. The number of hydrogen-bond donors (Lipinski definition) is 2. The highest BCUT2D eigenvalue weighted by Gasteiger charge is 2.19. The number of aromatic nitrogens is 2. The molecule has 1 atom stereocenters. The Hall–Kier alpha value is -2.30. The second-order valence-corrected chi connectivity index (χ2v) is 4.76. The number of hydrogen-bond acceptors (Lipinski definition) is 3. The van der Waals surface area contributed by atoms with Crippen molar-refractivity contribution in [2.24, 2.45) is 0 Å². The van der Waals surface area contributed by atoms with Gasteiger partial charge in [-0.2, -0.15) is 5.10 Å².